The number of anilines is 2. The Bertz CT molecular complexity index is 439. The zero-order chi connectivity index (χ0) is 14.5. The van der Waals surface area contributed by atoms with Gasteiger partial charge in [-0.2, -0.15) is 0 Å². The van der Waals surface area contributed by atoms with E-state index in [-0.39, 0.29) is 5.97 Å². The minimum atomic E-state index is -0.285. The molecule has 0 aliphatic carbocycles. The number of hydrogen-bond acceptors (Lipinski definition) is 4. The standard InChI is InChI=1S/C14H23N3O2/c1-15-12-7-6-11(10-13(12)16-2)14(18)19-9-8-17(3,4)5/h6-7,10,16H,8-9H2,1-5H3/p+1. The molecule has 0 saturated carbocycles. The molecule has 0 aromatic heterocycles. The van der Waals surface area contributed by atoms with Gasteiger partial charge in [-0.15, -0.1) is 0 Å². The number of benzene rings is 1. The monoisotopic (exact) mass is 266 g/mol. The molecular weight excluding hydrogens is 242 g/mol. The Morgan fingerprint density at radius 1 is 1.16 bits per heavy atom. The van der Waals surface area contributed by atoms with Gasteiger partial charge in [0.25, 0.3) is 0 Å². The minimum absolute atomic E-state index is 0.285. The SMILES string of the molecule is CNc1ccc(C(=O)OCC[N+](C)(C)C)cc1NC. The van der Waals surface area contributed by atoms with E-state index < -0.39 is 0 Å². The Kier molecular flexibility index (Phi) is 5.18. The first-order chi connectivity index (χ1) is 8.87. The number of likely N-dealkylation sites (N-methyl/N-ethyl adjacent to an activating group) is 1. The third kappa shape index (κ3) is 4.79. The van der Waals surface area contributed by atoms with Crippen LogP contribution in [-0.2, 0) is 4.74 Å². The second kappa shape index (κ2) is 6.43. The lowest BCUT2D eigenvalue weighted by Crippen LogP contribution is -2.38. The van der Waals surface area contributed by atoms with E-state index in [0.717, 1.165) is 22.4 Å². The molecule has 19 heavy (non-hydrogen) atoms. The van der Waals surface area contributed by atoms with E-state index in [2.05, 4.69) is 31.8 Å². The summed E-state index contributed by atoms with van der Waals surface area (Å²) in [5, 5.41) is 6.11. The summed E-state index contributed by atoms with van der Waals surface area (Å²) >= 11 is 0. The first-order valence-electron chi connectivity index (χ1n) is 6.34. The number of rotatable bonds is 6. The molecule has 0 saturated heterocycles. The highest BCUT2D eigenvalue weighted by Crippen LogP contribution is 2.22. The molecule has 0 amide bonds. The molecule has 1 rings (SSSR count). The second-order valence-corrected chi connectivity index (χ2v) is 5.41. The number of nitrogens with zero attached hydrogens (tertiary/aromatic N) is 1. The summed E-state index contributed by atoms with van der Waals surface area (Å²) in [5.74, 6) is -0.285. The molecule has 0 spiro atoms. The van der Waals surface area contributed by atoms with E-state index in [1.165, 1.54) is 0 Å². The van der Waals surface area contributed by atoms with Crippen molar-refractivity contribution in [3.8, 4) is 0 Å². The lowest BCUT2D eigenvalue weighted by atomic mass is 10.1. The Morgan fingerprint density at radius 2 is 1.79 bits per heavy atom. The lowest BCUT2D eigenvalue weighted by Gasteiger charge is -2.23. The van der Waals surface area contributed by atoms with E-state index in [0.29, 0.717) is 12.2 Å². The summed E-state index contributed by atoms with van der Waals surface area (Å²) in [6.07, 6.45) is 0. The summed E-state index contributed by atoms with van der Waals surface area (Å²) in [5.41, 5.74) is 2.39. The molecule has 0 aliphatic heterocycles. The first kappa shape index (κ1) is 15.3. The van der Waals surface area contributed by atoms with E-state index in [4.69, 9.17) is 4.74 Å². The van der Waals surface area contributed by atoms with Crippen molar-refractivity contribution in [3.63, 3.8) is 0 Å². The normalized spacial score (nSPS) is 11.0. The summed E-state index contributed by atoms with van der Waals surface area (Å²) in [7, 11) is 9.86. The maximum atomic E-state index is 11.9. The van der Waals surface area contributed by atoms with Crippen LogP contribution in [0, 0.1) is 0 Å². The van der Waals surface area contributed by atoms with Crippen molar-refractivity contribution in [2.24, 2.45) is 0 Å². The van der Waals surface area contributed by atoms with Crippen LogP contribution < -0.4 is 10.6 Å². The molecule has 1 aromatic rings. The van der Waals surface area contributed by atoms with Crippen LogP contribution in [0.2, 0.25) is 0 Å². The fourth-order valence-corrected chi connectivity index (χ4v) is 1.59. The summed E-state index contributed by atoms with van der Waals surface area (Å²) in [6.45, 7) is 1.21. The largest absolute Gasteiger partial charge is 0.456 e. The molecule has 0 heterocycles. The fraction of sp³-hybridized carbons (Fsp3) is 0.500. The van der Waals surface area contributed by atoms with E-state index in [1.54, 1.807) is 12.1 Å². The number of quaternary nitrogens is 1. The Morgan fingerprint density at radius 3 is 2.32 bits per heavy atom. The second-order valence-electron chi connectivity index (χ2n) is 5.41. The van der Waals surface area contributed by atoms with Crippen molar-refractivity contribution >= 4 is 17.3 Å². The van der Waals surface area contributed by atoms with Gasteiger partial charge in [0.2, 0.25) is 0 Å². The van der Waals surface area contributed by atoms with Crippen molar-refractivity contribution < 1.29 is 14.0 Å². The van der Waals surface area contributed by atoms with Gasteiger partial charge < -0.3 is 19.9 Å². The van der Waals surface area contributed by atoms with Crippen LogP contribution in [-0.4, -0.2) is 58.8 Å². The van der Waals surface area contributed by atoms with E-state index >= 15 is 0 Å². The average Bonchev–Trinajstić information content (AvgIpc) is 2.36. The van der Waals surface area contributed by atoms with Crippen LogP contribution in [0.1, 0.15) is 10.4 Å². The van der Waals surface area contributed by atoms with Gasteiger partial charge in [-0.05, 0) is 18.2 Å². The topological polar surface area (TPSA) is 50.4 Å². The van der Waals surface area contributed by atoms with E-state index in [9.17, 15) is 4.79 Å². The minimum Gasteiger partial charge on any atom is -0.456 e. The summed E-state index contributed by atoms with van der Waals surface area (Å²) in [4.78, 5) is 11.9. The number of ether oxygens (including phenoxy) is 1. The Labute approximate surface area is 115 Å². The van der Waals surface area contributed by atoms with Crippen LogP contribution in [0.4, 0.5) is 11.4 Å². The van der Waals surface area contributed by atoms with Crippen molar-refractivity contribution in [1.82, 2.24) is 0 Å². The molecule has 0 bridgehead atoms. The van der Waals surface area contributed by atoms with Gasteiger partial charge in [-0.25, -0.2) is 4.79 Å². The van der Waals surface area contributed by atoms with Gasteiger partial charge >= 0.3 is 5.97 Å². The highest BCUT2D eigenvalue weighted by molar-refractivity contribution is 5.92. The molecular formula is C14H24N3O2+. The lowest BCUT2D eigenvalue weighted by molar-refractivity contribution is -0.870. The maximum absolute atomic E-state index is 11.9. The Balaban J connectivity index is 2.67. The van der Waals surface area contributed by atoms with Gasteiger partial charge in [-0.1, -0.05) is 0 Å². The van der Waals surface area contributed by atoms with Gasteiger partial charge in [0.1, 0.15) is 13.2 Å². The first-order valence-corrected chi connectivity index (χ1v) is 6.34. The van der Waals surface area contributed by atoms with Crippen molar-refractivity contribution in [3.05, 3.63) is 23.8 Å². The molecule has 1 aromatic carbocycles. The zero-order valence-electron chi connectivity index (χ0n) is 12.4. The van der Waals surface area contributed by atoms with Gasteiger partial charge in [0.15, 0.2) is 0 Å². The van der Waals surface area contributed by atoms with Crippen LogP contribution in [0.15, 0.2) is 18.2 Å². The molecule has 106 valence electrons. The van der Waals surface area contributed by atoms with Crippen LogP contribution in [0.3, 0.4) is 0 Å². The average molecular weight is 266 g/mol. The third-order valence-electron chi connectivity index (χ3n) is 2.79. The molecule has 0 fully saturated rings. The highest BCUT2D eigenvalue weighted by atomic mass is 16.5. The van der Waals surface area contributed by atoms with E-state index in [1.807, 2.05) is 20.2 Å². The number of carbonyl (C=O) groups is 1. The number of carbonyl (C=O) groups excluding carboxylic acids is 1. The van der Waals surface area contributed by atoms with Crippen molar-refractivity contribution in [2.45, 2.75) is 0 Å². The molecule has 0 unspecified atom stereocenters. The predicted molar refractivity (Wildman–Crippen MR) is 78.7 cm³/mol. The summed E-state index contributed by atoms with van der Waals surface area (Å²) in [6, 6.07) is 5.42. The van der Waals surface area contributed by atoms with Crippen LogP contribution in [0.5, 0.6) is 0 Å². The number of nitrogens with one attached hydrogen (secondary N) is 2. The predicted octanol–water partition coefficient (Wildman–Crippen LogP) is 1.63. The van der Waals surface area contributed by atoms with Crippen LogP contribution >= 0.6 is 0 Å². The van der Waals surface area contributed by atoms with Crippen molar-refractivity contribution in [1.29, 1.82) is 0 Å². The molecule has 0 atom stereocenters. The van der Waals surface area contributed by atoms with Crippen molar-refractivity contribution in [2.75, 3.05) is 59.0 Å². The molecule has 5 heteroatoms. The Hall–Kier alpha value is -1.75. The number of hydrogen-bond donors (Lipinski definition) is 2. The highest BCUT2D eigenvalue weighted by Gasteiger charge is 2.12. The van der Waals surface area contributed by atoms with Gasteiger partial charge in [0.05, 0.1) is 38.1 Å². The molecule has 0 radical (unpaired) electrons. The fourth-order valence-electron chi connectivity index (χ4n) is 1.59. The number of esters is 1. The third-order valence-corrected chi connectivity index (χ3v) is 2.79. The zero-order valence-corrected chi connectivity index (χ0v) is 12.4. The van der Waals surface area contributed by atoms with Gasteiger partial charge in [0, 0.05) is 14.1 Å². The quantitative estimate of drug-likeness (QED) is 0.607. The summed E-state index contributed by atoms with van der Waals surface area (Å²) < 4.78 is 6.05. The maximum Gasteiger partial charge on any atom is 0.338 e. The molecule has 2 N–H and O–H groups in total. The van der Waals surface area contributed by atoms with Crippen LogP contribution in [0.25, 0.3) is 0 Å². The van der Waals surface area contributed by atoms with Gasteiger partial charge in [-0.3, -0.25) is 0 Å². The molecule has 5 nitrogen and oxygen atoms in total. The molecule has 0 aliphatic rings. The smallest absolute Gasteiger partial charge is 0.338 e.